The van der Waals surface area contributed by atoms with Crippen LogP contribution in [0.5, 0.6) is 0 Å². The van der Waals surface area contributed by atoms with Gasteiger partial charge in [-0.15, -0.1) is 0 Å². The maximum Gasteiger partial charge on any atom is 2.00 e. The van der Waals surface area contributed by atoms with E-state index in [-0.39, 0.29) is 78.9 Å². The molecular weight excluding hydrogens is 914 g/mol. The van der Waals surface area contributed by atoms with Gasteiger partial charge in [0.25, 0.3) is 0 Å². The molecule has 9 heteroatoms. The molecule has 7 nitrogen and oxygen atoms in total. The van der Waals surface area contributed by atoms with Gasteiger partial charge in [0.05, 0.1) is 18.3 Å². The second-order valence-corrected chi connectivity index (χ2v) is 25.2. The zero-order chi connectivity index (χ0) is 47.8. The standard InChI is InChI=1S/C27H38O2.C23H39NO3.C6H5.C4H8O.2CH4.ClH.Mg/c1-25(29)15-16-26(2)19(17-25)9-10-20-21-11-12-23(27(21,3)14-13-22(20)26)24(28)18-7-5-4-6-8-18;1-21(26)12-13-22(2)15(14-21)6-7-16-17-8-9-19(20(25)24(4)27-5)23(17,3)11-10-18(16)22;1-2-4-6-5-3-1;1-2-4-5-3-1;;;;/h4-8,19-23,29H,9-17H2,1-3H3;15-19,26H,6-14H2,1-5H3;1-5H;1-4H2;2*1H4;1H;/q;;-1;;;;;+2/p-1/t19-,20+,21+,22+,23-,25-,26+,27+;15-,16+,17+,18+,19-,21-,22+,23+;;;;;;/m11....../s1. The molecule has 2 N–H and O–H groups in total. The number of fused-ring (bicyclic) bond motifs is 10. The van der Waals surface area contributed by atoms with Gasteiger partial charge in [0.15, 0.2) is 5.78 Å². The number of ether oxygens (including phenoxy) is 1. The normalized spacial score (nSPS) is 42.1. The molecule has 16 atom stereocenters. The van der Waals surface area contributed by atoms with Gasteiger partial charge >= 0.3 is 23.1 Å². The fraction of sp³-hybridized carbons (Fsp3) is 0.774. The van der Waals surface area contributed by atoms with Crippen molar-refractivity contribution in [2.45, 2.75) is 196 Å². The Morgan fingerprint density at radius 1 is 0.592 bits per heavy atom. The molecule has 1 amide bonds. The minimum atomic E-state index is -0.462. The van der Waals surface area contributed by atoms with Crippen LogP contribution in [0.1, 0.15) is 195 Å². The molecule has 8 aliphatic carbocycles. The number of hydrogen-bond acceptors (Lipinski definition) is 6. The fourth-order valence-electron chi connectivity index (χ4n) is 17.7. The van der Waals surface area contributed by atoms with Crippen molar-refractivity contribution in [2.24, 2.45) is 80.8 Å². The third kappa shape index (κ3) is 12.5. The van der Waals surface area contributed by atoms with Crippen LogP contribution < -0.4 is 12.4 Å². The smallest absolute Gasteiger partial charge is 1.00 e. The number of ketones is 1. The predicted molar refractivity (Wildman–Crippen MR) is 287 cm³/mol. The molecule has 396 valence electrons. The van der Waals surface area contributed by atoms with Gasteiger partial charge in [-0.1, -0.05) is 72.9 Å². The van der Waals surface area contributed by atoms with Crippen molar-refractivity contribution in [3.05, 3.63) is 72.3 Å². The van der Waals surface area contributed by atoms with Gasteiger partial charge in [0.2, 0.25) is 5.91 Å². The molecule has 9 fully saturated rings. The third-order valence-electron chi connectivity index (χ3n) is 21.6. The Morgan fingerprint density at radius 3 is 1.44 bits per heavy atom. The molecule has 9 aliphatic rings. The van der Waals surface area contributed by atoms with E-state index in [0.29, 0.717) is 40.3 Å². The molecule has 1 heterocycles. The predicted octanol–water partition coefficient (Wildman–Crippen LogP) is 10.9. The summed E-state index contributed by atoms with van der Waals surface area (Å²) in [6.45, 7) is 16.0. The van der Waals surface area contributed by atoms with Crippen molar-refractivity contribution in [3.8, 4) is 0 Å². The number of carbonyl (C=O) groups is 2. The van der Waals surface area contributed by atoms with Gasteiger partial charge in [-0.25, -0.2) is 5.06 Å². The van der Waals surface area contributed by atoms with E-state index in [1.165, 1.54) is 95.0 Å². The van der Waals surface area contributed by atoms with Crippen LogP contribution in [0.2, 0.25) is 0 Å². The molecular formula is C62H98ClMgNO6. The minimum absolute atomic E-state index is 0. The Morgan fingerprint density at radius 2 is 1.03 bits per heavy atom. The van der Waals surface area contributed by atoms with Crippen LogP contribution in [-0.4, -0.2) is 88.6 Å². The van der Waals surface area contributed by atoms with Gasteiger partial charge in [-0.2, -0.15) is 36.4 Å². The molecule has 2 aromatic rings. The van der Waals surface area contributed by atoms with Crippen molar-refractivity contribution in [3.63, 3.8) is 0 Å². The van der Waals surface area contributed by atoms with E-state index in [0.717, 1.165) is 81.0 Å². The van der Waals surface area contributed by atoms with Gasteiger partial charge in [-0.05, 0) is 211 Å². The van der Waals surface area contributed by atoms with E-state index in [4.69, 9.17) is 9.57 Å². The summed E-state index contributed by atoms with van der Waals surface area (Å²) in [5.41, 5.74) is 1.08. The number of benzene rings is 2. The molecule has 1 aliphatic heterocycles. The number of amides is 1. The van der Waals surface area contributed by atoms with E-state index >= 15 is 0 Å². The number of nitrogens with zero attached hydrogens (tertiary/aromatic N) is 1. The summed E-state index contributed by atoms with van der Waals surface area (Å²) in [5.74, 6) is 6.74. The van der Waals surface area contributed by atoms with Crippen LogP contribution >= 0.6 is 0 Å². The topological polar surface area (TPSA) is 96.3 Å². The zero-order valence-electron chi connectivity index (χ0n) is 44.2. The van der Waals surface area contributed by atoms with Gasteiger partial charge < -0.3 is 27.4 Å². The van der Waals surface area contributed by atoms with Crippen LogP contribution in [0.15, 0.2) is 60.7 Å². The summed E-state index contributed by atoms with van der Waals surface area (Å²) in [6, 6.07) is 22.5. The third-order valence-corrected chi connectivity index (χ3v) is 21.6. The van der Waals surface area contributed by atoms with Crippen molar-refractivity contribution < 1.29 is 41.8 Å². The number of rotatable bonds is 4. The molecule has 0 bridgehead atoms. The molecule has 0 radical (unpaired) electrons. The van der Waals surface area contributed by atoms with Crippen LogP contribution in [0.25, 0.3) is 0 Å². The average Bonchev–Trinajstić information content (AvgIpc) is 4.10. The molecule has 2 aromatic carbocycles. The van der Waals surface area contributed by atoms with E-state index in [9.17, 15) is 19.8 Å². The zero-order valence-corrected chi connectivity index (χ0v) is 46.3. The number of carbonyl (C=O) groups excluding carboxylic acids is 2. The largest absolute Gasteiger partial charge is 2.00 e. The molecule has 0 spiro atoms. The number of hydroxylamine groups is 2. The number of hydrogen-bond donors (Lipinski definition) is 2. The summed E-state index contributed by atoms with van der Waals surface area (Å²) < 4.78 is 4.94. The van der Waals surface area contributed by atoms with E-state index < -0.39 is 11.2 Å². The SMILES string of the molecule is C.C.C1CCOC1.CON(C)C(=O)[C@H]1CC[C@H]2[C@@H]3CC[C@@H]4C[C@](C)(O)CC[C@]4(C)[C@H]3CC[C@]12C.C[C@@]1(O)CC[C@@]2(C)[C@H](CC[C@@H]3[C@@H]2CC[C@]2(C)[C@@H](C(=O)c4ccccc4)CC[C@@H]32)C1.[Cl-].[Mg+2].[c-]1ccccc1. The fourth-order valence-corrected chi connectivity index (χ4v) is 17.7. The Balaban J connectivity index is 0.000000242. The average molecular weight is 1010 g/mol. The van der Waals surface area contributed by atoms with E-state index in [2.05, 4.69) is 33.8 Å². The van der Waals surface area contributed by atoms with Crippen molar-refractivity contribution in [1.82, 2.24) is 5.06 Å². The molecule has 11 rings (SSSR count). The van der Waals surface area contributed by atoms with E-state index in [1.807, 2.05) is 74.5 Å². The van der Waals surface area contributed by atoms with Crippen LogP contribution in [-0.2, 0) is 14.4 Å². The molecule has 1 saturated heterocycles. The summed E-state index contributed by atoms with van der Waals surface area (Å²) in [6.07, 6.45) is 23.4. The first-order valence-electron chi connectivity index (χ1n) is 27.2. The van der Waals surface area contributed by atoms with Crippen LogP contribution in [0, 0.1) is 86.9 Å². The van der Waals surface area contributed by atoms with Crippen LogP contribution in [0.3, 0.4) is 0 Å². The molecule has 0 aromatic heterocycles. The number of Topliss-reactive ketones (excluding diaryl/α,β-unsaturated/α-hetero) is 1. The Bertz CT molecular complexity index is 1930. The van der Waals surface area contributed by atoms with E-state index in [1.54, 1.807) is 14.2 Å². The summed E-state index contributed by atoms with van der Waals surface area (Å²) in [4.78, 5) is 31.6. The number of aliphatic hydroxyl groups is 2. The van der Waals surface area contributed by atoms with Crippen molar-refractivity contribution in [1.29, 1.82) is 0 Å². The number of halogens is 1. The van der Waals surface area contributed by atoms with Gasteiger partial charge in [0, 0.05) is 37.7 Å². The van der Waals surface area contributed by atoms with Crippen molar-refractivity contribution in [2.75, 3.05) is 27.4 Å². The first kappa shape index (κ1) is 62.0. The molecule has 71 heavy (non-hydrogen) atoms. The Labute approximate surface area is 455 Å². The maximum atomic E-state index is 13.4. The molecule has 0 unspecified atom stereocenters. The monoisotopic (exact) mass is 1010 g/mol. The summed E-state index contributed by atoms with van der Waals surface area (Å²) >= 11 is 0. The Hall–Kier alpha value is -1.52. The molecule has 8 saturated carbocycles. The first-order valence-corrected chi connectivity index (χ1v) is 27.2. The first-order chi connectivity index (χ1) is 31.9. The second-order valence-electron chi connectivity index (χ2n) is 25.2. The van der Waals surface area contributed by atoms with Crippen molar-refractivity contribution >= 4 is 34.7 Å². The summed E-state index contributed by atoms with van der Waals surface area (Å²) in [5, 5.41) is 22.8. The van der Waals surface area contributed by atoms with Gasteiger partial charge in [-0.3, -0.25) is 14.4 Å². The van der Waals surface area contributed by atoms with Gasteiger partial charge in [0.1, 0.15) is 0 Å². The Kier molecular flexibility index (Phi) is 21.9. The van der Waals surface area contributed by atoms with Crippen LogP contribution in [0.4, 0.5) is 0 Å². The summed E-state index contributed by atoms with van der Waals surface area (Å²) in [7, 11) is 3.34. The quantitative estimate of drug-likeness (QED) is 0.137. The second kappa shape index (κ2) is 25.1. The maximum absolute atomic E-state index is 13.4. The minimum Gasteiger partial charge on any atom is -1.00 e.